The highest BCUT2D eigenvalue weighted by Gasteiger charge is 2.22. The minimum atomic E-state index is -0.232. The molecule has 166 valence electrons. The highest BCUT2D eigenvalue weighted by atomic mass is 32.2. The van der Waals surface area contributed by atoms with Gasteiger partial charge in [-0.2, -0.15) is 0 Å². The van der Waals surface area contributed by atoms with E-state index in [0.29, 0.717) is 24.2 Å². The SMILES string of the molecule is CCCC(Sc1nnc2c3ccccc3n(Cc3ccccc3)c2n1)C(=O)NCC(C)C. The van der Waals surface area contributed by atoms with Crippen LogP contribution in [0.5, 0.6) is 0 Å². The Morgan fingerprint density at radius 2 is 1.81 bits per heavy atom. The molecule has 1 N–H and O–H groups in total. The number of hydrogen-bond acceptors (Lipinski definition) is 5. The third-order valence-electron chi connectivity index (χ3n) is 5.31. The van der Waals surface area contributed by atoms with Crippen LogP contribution in [0.4, 0.5) is 0 Å². The number of rotatable bonds is 9. The van der Waals surface area contributed by atoms with Crippen LogP contribution in [0, 0.1) is 5.92 Å². The zero-order valence-corrected chi connectivity index (χ0v) is 19.6. The number of amides is 1. The lowest BCUT2D eigenvalue weighted by molar-refractivity contribution is -0.120. The van der Waals surface area contributed by atoms with Crippen molar-refractivity contribution in [2.75, 3.05) is 6.54 Å². The Morgan fingerprint density at radius 1 is 1.06 bits per heavy atom. The van der Waals surface area contributed by atoms with Crippen molar-refractivity contribution in [3.63, 3.8) is 0 Å². The predicted molar refractivity (Wildman–Crippen MR) is 131 cm³/mol. The molecule has 4 aromatic rings. The van der Waals surface area contributed by atoms with Gasteiger partial charge in [-0.05, 0) is 24.0 Å². The van der Waals surface area contributed by atoms with Crippen molar-refractivity contribution in [1.82, 2.24) is 25.1 Å². The fourth-order valence-corrected chi connectivity index (χ4v) is 4.74. The number of thioether (sulfide) groups is 1. The number of hydrogen-bond donors (Lipinski definition) is 1. The second-order valence-electron chi connectivity index (χ2n) is 8.39. The molecule has 2 heterocycles. The largest absolute Gasteiger partial charge is 0.355 e. The van der Waals surface area contributed by atoms with E-state index >= 15 is 0 Å². The number of para-hydroxylation sites is 1. The van der Waals surface area contributed by atoms with Crippen LogP contribution in [-0.4, -0.2) is 37.5 Å². The maximum atomic E-state index is 12.7. The first kappa shape index (κ1) is 22.3. The van der Waals surface area contributed by atoms with Crippen molar-refractivity contribution < 1.29 is 4.79 Å². The molecule has 1 unspecified atom stereocenters. The lowest BCUT2D eigenvalue weighted by Crippen LogP contribution is -2.35. The Morgan fingerprint density at radius 3 is 2.56 bits per heavy atom. The van der Waals surface area contributed by atoms with Crippen LogP contribution in [0.3, 0.4) is 0 Å². The summed E-state index contributed by atoms with van der Waals surface area (Å²) >= 11 is 1.40. The summed E-state index contributed by atoms with van der Waals surface area (Å²) in [5.41, 5.74) is 3.86. The van der Waals surface area contributed by atoms with Crippen LogP contribution in [-0.2, 0) is 11.3 Å². The molecule has 0 fully saturated rings. The molecule has 0 aliphatic carbocycles. The van der Waals surface area contributed by atoms with Crippen LogP contribution < -0.4 is 5.32 Å². The summed E-state index contributed by atoms with van der Waals surface area (Å²) in [6.07, 6.45) is 1.68. The highest BCUT2D eigenvalue weighted by molar-refractivity contribution is 8.00. The number of benzene rings is 2. The first-order valence-corrected chi connectivity index (χ1v) is 12.0. The fraction of sp³-hybridized carbons (Fsp3) is 0.360. The number of nitrogens with zero attached hydrogens (tertiary/aromatic N) is 4. The van der Waals surface area contributed by atoms with E-state index in [9.17, 15) is 4.79 Å². The molecule has 0 radical (unpaired) electrons. The fourth-order valence-electron chi connectivity index (χ4n) is 3.72. The summed E-state index contributed by atoms with van der Waals surface area (Å²) < 4.78 is 2.19. The normalized spacial score (nSPS) is 12.5. The quantitative estimate of drug-likeness (QED) is 0.363. The molecule has 0 aliphatic rings. The van der Waals surface area contributed by atoms with Gasteiger partial charge in [0.05, 0.1) is 10.8 Å². The maximum absolute atomic E-state index is 12.7. The van der Waals surface area contributed by atoms with Gasteiger partial charge in [-0.3, -0.25) is 4.79 Å². The Balaban J connectivity index is 1.70. The van der Waals surface area contributed by atoms with Gasteiger partial charge in [0.1, 0.15) is 5.52 Å². The minimum Gasteiger partial charge on any atom is -0.355 e. The van der Waals surface area contributed by atoms with Crippen molar-refractivity contribution in [2.24, 2.45) is 5.92 Å². The average Bonchev–Trinajstić information content (AvgIpc) is 3.11. The van der Waals surface area contributed by atoms with E-state index in [1.165, 1.54) is 17.3 Å². The Bertz CT molecular complexity index is 1210. The molecule has 32 heavy (non-hydrogen) atoms. The first-order valence-electron chi connectivity index (χ1n) is 11.2. The molecule has 0 saturated heterocycles. The molecule has 1 atom stereocenters. The summed E-state index contributed by atoms with van der Waals surface area (Å²) in [5.74, 6) is 0.452. The topological polar surface area (TPSA) is 72.7 Å². The number of aromatic nitrogens is 4. The van der Waals surface area contributed by atoms with Gasteiger partial charge in [0, 0.05) is 18.5 Å². The third-order valence-corrected chi connectivity index (χ3v) is 6.43. The second-order valence-corrected chi connectivity index (χ2v) is 9.56. The summed E-state index contributed by atoms with van der Waals surface area (Å²) in [7, 11) is 0. The molecule has 6 nitrogen and oxygen atoms in total. The summed E-state index contributed by atoms with van der Waals surface area (Å²) in [4.78, 5) is 17.6. The maximum Gasteiger partial charge on any atom is 0.233 e. The van der Waals surface area contributed by atoms with E-state index in [4.69, 9.17) is 4.98 Å². The lowest BCUT2D eigenvalue weighted by atomic mass is 10.2. The number of carbonyl (C=O) groups excluding carboxylic acids is 1. The first-order chi connectivity index (χ1) is 15.6. The predicted octanol–water partition coefficient (Wildman–Crippen LogP) is 5.06. The van der Waals surface area contributed by atoms with Gasteiger partial charge in [-0.1, -0.05) is 87.5 Å². The molecular formula is C25H29N5OS. The second kappa shape index (κ2) is 10.1. The molecular weight excluding hydrogens is 418 g/mol. The highest BCUT2D eigenvalue weighted by Crippen LogP contribution is 2.30. The van der Waals surface area contributed by atoms with Gasteiger partial charge in [-0.15, -0.1) is 10.2 Å². The van der Waals surface area contributed by atoms with Gasteiger partial charge < -0.3 is 9.88 Å². The van der Waals surface area contributed by atoms with Gasteiger partial charge in [0.2, 0.25) is 11.1 Å². The van der Waals surface area contributed by atoms with Crippen LogP contribution >= 0.6 is 11.8 Å². The van der Waals surface area contributed by atoms with Crippen LogP contribution in [0.2, 0.25) is 0 Å². The van der Waals surface area contributed by atoms with E-state index < -0.39 is 0 Å². The minimum absolute atomic E-state index is 0.0408. The molecule has 0 aliphatic heterocycles. The van der Waals surface area contributed by atoms with Crippen LogP contribution in [0.25, 0.3) is 22.1 Å². The zero-order chi connectivity index (χ0) is 22.5. The molecule has 1 amide bonds. The Hall–Kier alpha value is -2.93. The van der Waals surface area contributed by atoms with Crippen molar-refractivity contribution >= 4 is 39.7 Å². The van der Waals surface area contributed by atoms with Gasteiger partial charge in [-0.25, -0.2) is 4.98 Å². The van der Waals surface area contributed by atoms with Crippen LogP contribution in [0.15, 0.2) is 59.8 Å². The van der Waals surface area contributed by atoms with E-state index in [0.717, 1.165) is 34.9 Å². The number of nitrogens with one attached hydrogen (secondary N) is 1. The number of fused-ring (bicyclic) bond motifs is 3. The molecule has 0 saturated carbocycles. The molecule has 2 aromatic carbocycles. The summed E-state index contributed by atoms with van der Waals surface area (Å²) in [6, 6.07) is 18.5. The van der Waals surface area contributed by atoms with Gasteiger partial charge in [0.15, 0.2) is 5.65 Å². The molecule has 0 spiro atoms. The Kier molecular flexibility index (Phi) is 7.05. The monoisotopic (exact) mass is 447 g/mol. The third kappa shape index (κ3) is 4.93. The molecule has 2 aromatic heterocycles. The number of carbonyl (C=O) groups is 1. The molecule has 0 bridgehead atoms. The van der Waals surface area contributed by atoms with Crippen molar-refractivity contribution in [2.45, 2.75) is 50.6 Å². The standard InChI is InChI=1S/C25H29N5OS/c1-4-10-21(24(31)26-15-17(2)3)32-25-27-23-22(28-29-25)19-13-8-9-14-20(19)30(23)16-18-11-6-5-7-12-18/h5-9,11-14,17,21H,4,10,15-16H2,1-3H3,(H,26,31). The van der Waals surface area contributed by atoms with Crippen LogP contribution in [0.1, 0.15) is 39.2 Å². The molecule has 7 heteroatoms. The average molecular weight is 448 g/mol. The Labute approximate surface area is 192 Å². The van der Waals surface area contributed by atoms with E-state index in [1.54, 1.807) is 0 Å². The van der Waals surface area contributed by atoms with E-state index in [2.05, 4.69) is 65.1 Å². The summed E-state index contributed by atoms with van der Waals surface area (Å²) in [5, 5.41) is 13.3. The van der Waals surface area contributed by atoms with Gasteiger partial charge in [0.25, 0.3) is 0 Å². The lowest BCUT2D eigenvalue weighted by Gasteiger charge is -2.16. The molecule has 4 rings (SSSR count). The zero-order valence-electron chi connectivity index (χ0n) is 18.8. The smallest absolute Gasteiger partial charge is 0.233 e. The van der Waals surface area contributed by atoms with Crippen molar-refractivity contribution in [3.8, 4) is 0 Å². The van der Waals surface area contributed by atoms with Crippen molar-refractivity contribution in [3.05, 3.63) is 60.2 Å². The van der Waals surface area contributed by atoms with Crippen molar-refractivity contribution in [1.29, 1.82) is 0 Å². The summed E-state index contributed by atoms with van der Waals surface area (Å²) in [6.45, 7) is 7.64. The van der Waals surface area contributed by atoms with E-state index in [1.807, 2.05) is 30.3 Å². The van der Waals surface area contributed by atoms with E-state index in [-0.39, 0.29) is 11.2 Å². The van der Waals surface area contributed by atoms with Gasteiger partial charge >= 0.3 is 0 Å².